The predicted octanol–water partition coefficient (Wildman–Crippen LogP) is 2.72. The average Bonchev–Trinajstić information content (AvgIpc) is 2.48. The molecule has 2 aromatic rings. The summed E-state index contributed by atoms with van der Waals surface area (Å²) in [5.41, 5.74) is 0.431. The monoisotopic (exact) mass is 303 g/mol. The Morgan fingerprint density at radius 3 is 2.10 bits per heavy atom. The Bertz CT molecular complexity index is 744. The molecule has 21 heavy (non-hydrogen) atoms. The highest BCUT2D eigenvalue weighted by Crippen LogP contribution is 2.21. The van der Waals surface area contributed by atoms with Crippen LogP contribution in [0, 0.1) is 11.3 Å². The van der Waals surface area contributed by atoms with Crippen LogP contribution in [0.4, 0.5) is 0 Å². The maximum atomic E-state index is 12.1. The fourth-order valence-corrected chi connectivity index (χ4v) is 2.56. The molecule has 0 atom stereocenters. The van der Waals surface area contributed by atoms with Crippen LogP contribution < -0.4 is 8.92 Å². The normalized spacial score (nSPS) is 10.7. The van der Waals surface area contributed by atoms with Crippen molar-refractivity contribution in [1.82, 2.24) is 0 Å². The summed E-state index contributed by atoms with van der Waals surface area (Å²) in [6, 6.07) is 13.8. The Morgan fingerprint density at radius 2 is 1.57 bits per heavy atom. The van der Waals surface area contributed by atoms with Crippen molar-refractivity contribution in [3.63, 3.8) is 0 Å². The Labute approximate surface area is 123 Å². The standard InChI is InChI=1S/C15H13NO4S/c1-2-19-13-7-9-15(10-8-13)21(17,18)20-14-5-3-12(11-16)4-6-14/h3-10H,2H2,1H3. The number of nitrogens with zero attached hydrogens (tertiary/aromatic N) is 1. The van der Waals surface area contributed by atoms with Crippen molar-refractivity contribution in [2.75, 3.05) is 6.61 Å². The summed E-state index contributed by atoms with van der Waals surface area (Å²) in [7, 11) is -3.90. The van der Waals surface area contributed by atoms with E-state index >= 15 is 0 Å². The van der Waals surface area contributed by atoms with E-state index < -0.39 is 10.1 Å². The van der Waals surface area contributed by atoms with Gasteiger partial charge in [0.2, 0.25) is 0 Å². The predicted molar refractivity (Wildman–Crippen MR) is 76.6 cm³/mol. The summed E-state index contributed by atoms with van der Waals surface area (Å²) in [6.45, 7) is 2.35. The van der Waals surface area contributed by atoms with Gasteiger partial charge in [0.1, 0.15) is 16.4 Å². The first-order chi connectivity index (χ1) is 10.0. The summed E-state index contributed by atoms with van der Waals surface area (Å²) in [5, 5.41) is 8.69. The van der Waals surface area contributed by atoms with Crippen LogP contribution >= 0.6 is 0 Å². The van der Waals surface area contributed by atoms with E-state index in [4.69, 9.17) is 14.2 Å². The molecular formula is C15H13NO4S. The summed E-state index contributed by atoms with van der Waals surface area (Å²) < 4.78 is 34.5. The lowest BCUT2D eigenvalue weighted by molar-refractivity contribution is 0.340. The Kier molecular flexibility index (Phi) is 4.45. The van der Waals surface area contributed by atoms with Crippen molar-refractivity contribution in [1.29, 1.82) is 5.26 Å². The van der Waals surface area contributed by atoms with Crippen LogP contribution in [0.25, 0.3) is 0 Å². The highest BCUT2D eigenvalue weighted by Gasteiger charge is 2.16. The van der Waals surface area contributed by atoms with Crippen molar-refractivity contribution < 1.29 is 17.3 Å². The molecule has 0 aromatic heterocycles. The van der Waals surface area contributed by atoms with Gasteiger partial charge in [-0.1, -0.05) is 0 Å². The maximum absolute atomic E-state index is 12.1. The fourth-order valence-electron chi connectivity index (χ4n) is 1.63. The third kappa shape index (κ3) is 3.74. The molecule has 0 heterocycles. The van der Waals surface area contributed by atoms with Crippen LogP contribution in [0.2, 0.25) is 0 Å². The first-order valence-corrected chi connectivity index (χ1v) is 7.63. The molecule has 0 fully saturated rings. The second-order valence-electron chi connectivity index (χ2n) is 4.08. The van der Waals surface area contributed by atoms with Gasteiger partial charge in [0.25, 0.3) is 0 Å². The minimum Gasteiger partial charge on any atom is -0.494 e. The molecule has 5 nitrogen and oxygen atoms in total. The van der Waals surface area contributed by atoms with Crippen LogP contribution in [0.5, 0.6) is 11.5 Å². The van der Waals surface area contributed by atoms with Crippen molar-refractivity contribution in [2.24, 2.45) is 0 Å². The van der Waals surface area contributed by atoms with Gasteiger partial charge in [0.15, 0.2) is 0 Å². The number of hydrogen-bond acceptors (Lipinski definition) is 5. The molecule has 0 radical (unpaired) electrons. The zero-order valence-electron chi connectivity index (χ0n) is 11.3. The lowest BCUT2D eigenvalue weighted by Crippen LogP contribution is -2.09. The molecule has 6 heteroatoms. The minimum atomic E-state index is -3.90. The number of ether oxygens (including phenoxy) is 1. The molecule has 2 rings (SSSR count). The van der Waals surface area contributed by atoms with E-state index in [1.165, 1.54) is 36.4 Å². The van der Waals surface area contributed by atoms with Crippen LogP contribution in [0.1, 0.15) is 12.5 Å². The maximum Gasteiger partial charge on any atom is 0.339 e. The molecule has 0 aliphatic heterocycles. The smallest absolute Gasteiger partial charge is 0.339 e. The molecule has 0 aliphatic carbocycles. The Hall–Kier alpha value is -2.52. The van der Waals surface area contributed by atoms with E-state index in [1.54, 1.807) is 12.1 Å². The Balaban J connectivity index is 2.19. The number of rotatable bonds is 5. The number of hydrogen-bond donors (Lipinski definition) is 0. The quantitative estimate of drug-likeness (QED) is 0.794. The topological polar surface area (TPSA) is 76.4 Å². The largest absolute Gasteiger partial charge is 0.494 e. The van der Waals surface area contributed by atoms with Gasteiger partial charge in [-0.15, -0.1) is 0 Å². The lowest BCUT2D eigenvalue weighted by atomic mass is 10.2. The van der Waals surface area contributed by atoms with Gasteiger partial charge in [0.05, 0.1) is 18.2 Å². The molecule has 0 unspecified atom stereocenters. The zero-order chi connectivity index (χ0) is 15.3. The molecule has 0 N–H and O–H groups in total. The van der Waals surface area contributed by atoms with Gasteiger partial charge in [-0.25, -0.2) is 0 Å². The number of benzene rings is 2. The molecule has 108 valence electrons. The van der Waals surface area contributed by atoms with Gasteiger partial charge in [0, 0.05) is 0 Å². The minimum absolute atomic E-state index is 0.0373. The van der Waals surface area contributed by atoms with E-state index in [9.17, 15) is 8.42 Å². The Morgan fingerprint density at radius 1 is 1.00 bits per heavy atom. The molecule has 0 bridgehead atoms. The first kappa shape index (κ1) is 14.9. The molecule has 0 amide bonds. The van der Waals surface area contributed by atoms with Crippen LogP contribution in [-0.2, 0) is 10.1 Å². The van der Waals surface area contributed by atoms with Crippen LogP contribution in [0.3, 0.4) is 0 Å². The summed E-state index contributed by atoms with van der Waals surface area (Å²) >= 11 is 0. The van der Waals surface area contributed by atoms with Gasteiger partial charge in [-0.3, -0.25) is 0 Å². The van der Waals surface area contributed by atoms with Crippen LogP contribution in [0.15, 0.2) is 53.4 Å². The molecular weight excluding hydrogens is 290 g/mol. The lowest BCUT2D eigenvalue weighted by Gasteiger charge is -2.08. The van der Waals surface area contributed by atoms with E-state index in [0.29, 0.717) is 17.9 Å². The van der Waals surface area contributed by atoms with E-state index in [1.807, 2.05) is 13.0 Å². The van der Waals surface area contributed by atoms with Crippen molar-refractivity contribution in [3.8, 4) is 17.6 Å². The molecule has 0 saturated carbocycles. The third-order valence-corrected chi connectivity index (χ3v) is 3.87. The fraction of sp³-hybridized carbons (Fsp3) is 0.133. The second-order valence-corrected chi connectivity index (χ2v) is 5.62. The van der Waals surface area contributed by atoms with Crippen molar-refractivity contribution in [3.05, 3.63) is 54.1 Å². The SMILES string of the molecule is CCOc1ccc(S(=O)(=O)Oc2ccc(C#N)cc2)cc1. The average molecular weight is 303 g/mol. The van der Waals surface area contributed by atoms with Gasteiger partial charge in [-0.2, -0.15) is 13.7 Å². The van der Waals surface area contributed by atoms with Crippen molar-refractivity contribution in [2.45, 2.75) is 11.8 Å². The van der Waals surface area contributed by atoms with E-state index in [-0.39, 0.29) is 10.6 Å². The highest BCUT2D eigenvalue weighted by atomic mass is 32.2. The second kappa shape index (κ2) is 6.29. The summed E-state index contributed by atoms with van der Waals surface area (Å²) in [5.74, 6) is 0.748. The van der Waals surface area contributed by atoms with E-state index in [0.717, 1.165) is 0 Å². The van der Waals surface area contributed by atoms with Crippen LogP contribution in [-0.4, -0.2) is 15.0 Å². The molecule has 2 aromatic carbocycles. The highest BCUT2D eigenvalue weighted by molar-refractivity contribution is 7.87. The molecule has 0 aliphatic rings. The summed E-state index contributed by atoms with van der Waals surface area (Å²) in [6.07, 6.45) is 0. The first-order valence-electron chi connectivity index (χ1n) is 6.22. The zero-order valence-corrected chi connectivity index (χ0v) is 12.1. The number of nitriles is 1. The van der Waals surface area contributed by atoms with Crippen molar-refractivity contribution >= 4 is 10.1 Å². The summed E-state index contributed by atoms with van der Waals surface area (Å²) in [4.78, 5) is 0.0373. The van der Waals surface area contributed by atoms with E-state index in [2.05, 4.69) is 0 Å². The molecule has 0 saturated heterocycles. The third-order valence-electron chi connectivity index (χ3n) is 2.61. The van der Waals surface area contributed by atoms with Gasteiger partial charge < -0.3 is 8.92 Å². The van der Waals surface area contributed by atoms with Gasteiger partial charge in [-0.05, 0) is 55.5 Å². The molecule has 0 spiro atoms. The van der Waals surface area contributed by atoms with Gasteiger partial charge >= 0.3 is 10.1 Å².